The fourth-order valence-electron chi connectivity index (χ4n) is 3.82. The van der Waals surface area contributed by atoms with E-state index >= 15 is 0 Å². The van der Waals surface area contributed by atoms with Crippen molar-refractivity contribution in [3.63, 3.8) is 0 Å². The van der Waals surface area contributed by atoms with Crippen LogP contribution in [0.25, 0.3) is 0 Å². The monoisotopic (exact) mass is 540 g/mol. The van der Waals surface area contributed by atoms with Crippen molar-refractivity contribution < 1.29 is 40.1 Å². The first-order chi connectivity index (χ1) is 17.5. The summed E-state index contributed by atoms with van der Waals surface area (Å²) in [5, 5.41) is 5.08. The van der Waals surface area contributed by atoms with E-state index < -0.39 is 45.5 Å². The van der Waals surface area contributed by atoms with Crippen LogP contribution >= 0.6 is 0 Å². The number of aryl methyl sites for hydroxylation is 1. The fourth-order valence-corrected chi connectivity index (χ4v) is 4.37. The van der Waals surface area contributed by atoms with Gasteiger partial charge in [0.05, 0.1) is 6.04 Å². The molecule has 0 fully saturated rings. The molecule has 1 aliphatic carbocycles. The molecule has 2 aromatic rings. The molecule has 0 unspecified atom stereocenters. The average molecular weight is 541 g/mol. The highest BCUT2D eigenvalue weighted by molar-refractivity contribution is 7.87. The zero-order valence-electron chi connectivity index (χ0n) is 20.0. The van der Waals surface area contributed by atoms with Gasteiger partial charge < -0.3 is 19.6 Å². The highest BCUT2D eigenvalue weighted by Gasteiger charge is 2.48. The number of allylic oxidation sites excluding steroid dienone is 1. The van der Waals surface area contributed by atoms with E-state index in [1.54, 1.807) is 30.3 Å². The van der Waals surface area contributed by atoms with Crippen molar-refractivity contribution in [2.75, 3.05) is 0 Å². The number of carbonyl (C=O) groups excluding carboxylic acids is 2. The minimum Gasteiger partial charge on any atom is -0.445 e. The molecule has 2 N–H and O–H groups in total. The Morgan fingerprint density at radius 2 is 1.78 bits per heavy atom. The summed E-state index contributed by atoms with van der Waals surface area (Å²) in [4.78, 5) is 25.6. The van der Waals surface area contributed by atoms with E-state index in [0.717, 1.165) is 30.0 Å². The first kappa shape index (κ1) is 28.0. The van der Waals surface area contributed by atoms with Crippen molar-refractivity contribution in [1.82, 2.24) is 10.6 Å². The van der Waals surface area contributed by atoms with E-state index in [4.69, 9.17) is 4.74 Å². The molecule has 37 heavy (non-hydrogen) atoms. The van der Waals surface area contributed by atoms with Crippen molar-refractivity contribution in [3.05, 3.63) is 83.1 Å². The third kappa shape index (κ3) is 7.72. The Morgan fingerprint density at radius 1 is 1.11 bits per heavy atom. The van der Waals surface area contributed by atoms with Gasteiger partial charge in [-0.05, 0) is 42.0 Å². The van der Waals surface area contributed by atoms with Crippen molar-refractivity contribution in [1.29, 1.82) is 0 Å². The summed E-state index contributed by atoms with van der Waals surface area (Å²) in [6.45, 7) is 1.22. The van der Waals surface area contributed by atoms with Gasteiger partial charge in [0, 0.05) is 6.42 Å². The van der Waals surface area contributed by atoms with Crippen LogP contribution in [0, 0.1) is 0 Å². The van der Waals surface area contributed by atoms with Crippen molar-refractivity contribution in [3.8, 4) is 0 Å². The van der Waals surface area contributed by atoms with Gasteiger partial charge in [-0.1, -0.05) is 61.5 Å². The van der Waals surface area contributed by atoms with Gasteiger partial charge in [-0.3, -0.25) is 4.79 Å². The predicted octanol–water partition coefficient (Wildman–Crippen LogP) is 4.64. The summed E-state index contributed by atoms with van der Waals surface area (Å²) in [6, 6.07) is 14.2. The number of amides is 2. The Kier molecular flexibility index (Phi) is 9.19. The lowest BCUT2D eigenvalue weighted by atomic mass is 9.87. The predicted molar refractivity (Wildman–Crippen MR) is 128 cm³/mol. The van der Waals surface area contributed by atoms with Gasteiger partial charge in [0.25, 0.3) is 0 Å². The molecular formula is C25H27F3N2O6S. The van der Waals surface area contributed by atoms with Gasteiger partial charge in [-0.25, -0.2) is 4.79 Å². The van der Waals surface area contributed by atoms with Crippen LogP contribution in [0.4, 0.5) is 18.0 Å². The zero-order chi connectivity index (χ0) is 27.1. The zero-order valence-corrected chi connectivity index (χ0v) is 20.8. The van der Waals surface area contributed by atoms with Crippen LogP contribution in [0.2, 0.25) is 0 Å². The minimum absolute atomic E-state index is 0.125. The van der Waals surface area contributed by atoms with Crippen LogP contribution in [-0.2, 0) is 36.9 Å². The van der Waals surface area contributed by atoms with E-state index in [2.05, 4.69) is 14.8 Å². The first-order valence-corrected chi connectivity index (χ1v) is 13.0. The summed E-state index contributed by atoms with van der Waals surface area (Å²) in [5.41, 5.74) is -3.05. The number of hydrogen-bond donors (Lipinski definition) is 2. The van der Waals surface area contributed by atoms with Crippen LogP contribution < -0.4 is 10.6 Å². The quantitative estimate of drug-likeness (QED) is 0.273. The van der Waals surface area contributed by atoms with E-state index in [-0.39, 0.29) is 13.0 Å². The highest BCUT2D eigenvalue weighted by atomic mass is 32.2. The Balaban J connectivity index is 1.81. The molecule has 0 aromatic heterocycles. The summed E-state index contributed by atoms with van der Waals surface area (Å²) in [5.74, 6) is -1.43. The molecule has 0 aliphatic heterocycles. The topological polar surface area (TPSA) is 111 Å². The second-order valence-electron chi connectivity index (χ2n) is 8.31. The summed E-state index contributed by atoms with van der Waals surface area (Å²) < 4.78 is 70.9. The third-order valence-corrected chi connectivity index (χ3v) is 6.66. The average Bonchev–Trinajstić information content (AvgIpc) is 2.86. The molecule has 2 amide bonds. The summed E-state index contributed by atoms with van der Waals surface area (Å²) >= 11 is 0. The number of alkyl carbamates (subject to hydrolysis) is 1. The molecule has 0 spiro atoms. The third-order valence-electron chi connectivity index (χ3n) is 5.66. The smallest absolute Gasteiger partial charge is 0.445 e. The summed E-state index contributed by atoms with van der Waals surface area (Å²) in [6.07, 6.45) is 1.74. The van der Waals surface area contributed by atoms with E-state index in [9.17, 15) is 31.2 Å². The standard InChI is InChI=1S/C25H27F3N2O6S/c1-2-19(36-37(33,34)25(26,27)28)15-22(30-24(32)35-16-17-9-4-3-5-10-17)23(31)29-21-14-8-12-18-11-6-7-13-20(18)21/h3-7,9-11,13,15,21-22H,2,8,12,14,16H2,1H3,(H,29,31)(H,30,32)/b19-15+/t21-,22+/m1/s1. The van der Waals surface area contributed by atoms with Gasteiger partial charge in [-0.15, -0.1) is 0 Å². The molecule has 2 atom stereocenters. The molecule has 0 heterocycles. The number of halogens is 3. The molecule has 0 saturated heterocycles. The van der Waals surface area contributed by atoms with Gasteiger partial charge in [-0.2, -0.15) is 21.6 Å². The van der Waals surface area contributed by atoms with Crippen LogP contribution in [0.3, 0.4) is 0 Å². The van der Waals surface area contributed by atoms with Crippen LogP contribution in [0.15, 0.2) is 66.4 Å². The molecule has 0 bridgehead atoms. The number of benzene rings is 2. The largest absolute Gasteiger partial charge is 0.534 e. The maximum absolute atomic E-state index is 13.2. The van der Waals surface area contributed by atoms with Crippen molar-refractivity contribution >= 4 is 22.1 Å². The number of nitrogens with one attached hydrogen (secondary N) is 2. The number of alkyl halides is 3. The second kappa shape index (κ2) is 12.1. The normalized spacial score (nSPS) is 16.8. The molecule has 0 radical (unpaired) electrons. The molecule has 1 aliphatic rings. The van der Waals surface area contributed by atoms with Crippen molar-refractivity contribution in [2.45, 2.75) is 56.8 Å². The molecule has 200 valence electrons. The van der Waals surface area contributed by atoms with Crippen LogP contribution in [-0.4, -0.2) is 32.0 Å². The SMILES string of the molecule is CC/C(=C\[C@H](NC(=O)OCc1ccccc1)C(=O)N[C@@H]1CCCc2ccccc21)OS(=O)(=O)C(F)(F)F. The molecule has 3 rings (SSSR count). The molecule has 8 nitrogen and oxygen atoms in total. The first-order valence-electron chi connectivity index (χ1n) is 11.6. The number of fused-ring (bicyclic) bond motifs is 1. The number of hydrogen-bond acceptors (Lipinski definition) is 6. The number of ether oxygens (including phenoxy) is 1. The van der Waals surface area contributed by atoms with Gasteiger partial charge in [0.1, 0.15) is 18.4 Å². The molecule has 2 aromatic carbocycles. The van der Waals surface area contributed by atoms with E-state index in [1.807, 2.05) is 24.3 Å². The Labute approximate surface area is 213 Å². The Morgan fingerprint density at radius 3 is 2.46 bits per heavy atom. The maximum atomic E-state index is 13.2. The maximum Gasteiger partial charge on any atom is 0.534 e. The van der Waals surface area contributed by atoms with E-state index in [1.165, 1.54) is 6.92 Å². The van der Waals surface area contributed by atoms with Crippen molar-refractivity contribution in [2.24, 2.45) is 0 Å². The van der Waals surface area contributed by atoms with E-state index in [0.29, 0.717) is 12.0 Å². The minimum atomic E-state index is -5.97. The molecule has 12 heteroatoms. The number of carbonyl (C=O) groups is 2. The Bertz CT molecular complexity index is 1230. The fraction of sp³-hybridized carbons (Fsp3) is 0.360. The van der Waals surface area contributed by atoms with Gasteiger partial charge in [0.15, 0.2) is 0 Å². The van der Waals surface area contributed by atoms with Crippen LogP contribution in [0.1, 0.15) is 48.9 Å². The number of rotatable bonds is 9. The Hall–Kier alpha value is -3.54. The van der Waals surface area contributed by atoms with Gasteiger partial charge in [0.2, 0.25) is 5.91 Å². The lowest BCUT2D eigenvalue weighted by Gasteiger charge is -2.28. The van der Waals surface area contributed by atoms with Crippen LogP contribution in [0.5, 0.6) is 0 Å². The highest BCUT2D eigenvalue weighted by Crippen LogP contribution is 2.30. The molecule has 0 saturated carbocycles. The molecular weight excluding hydrogens is 513 g/mol. The lowest BCUT2D eigenvalue weighted by Crippen LogP contribution is -2.47. The summed E-state index contributed by atoms with van der Waals surface area (Å²) in [7, 11) is -5.97. The van der Waals surface area contributed by atoms with Gasteiger partial charge >= 0.3 is 21.7 Å². The lowest BCUT2D eigenvalue weighted by molar-refractivity contribution is -0.122. The second-order valence-corrected chi connectivity index (χ2v) is 9.84.